The molecule has 4 atom stereocenters. The van der Waals surface area contributed by atoms with Crippen molar-refractivity contribution in [3.63, 3.8) is 0 Å². The fourth-order valence-electron chi connectivity index (χ4n) is 6.40. The molecular formula is C18H34N2O. The Kier molecular flexibility index (Phi) is 3.91. The molecule has 2 bridgehead atoms. The lowest BCUT2D eigenvalue weighted by atomic mass is 9.57. The summed E-state index contributed by atoms with van der Waals surface area (Å²) in [6.45, 7) is 10.7. The predicted molar refractivity (Wildman–Crippen MR) is 87.0 cm³/mol. The Morgan fingerprint density at radius 1 is 1.19 bits per heavy atom. The van der Waals surface area contributed by atoms with Gasteiger partial charge in [0, 0.05) is 18.1 Å². The molecule has 21 heavy (non-hydrogen) atoms. The molecule has 0 aromatic rings. The molecule has 3 aliphatic rings. The summed E-state index contributed by atoms with van der Waals surface area (Å²) < 4.78 is 0. The summed E-state index contributed by atoms with van der Waals surface area (Å²) >= 11 is 0. The third-order valence-electron chi connectivity index (χ3n) is 8.05. The van der Waals surface area contributed by atoms with Crippen molar-refractivity contribution in [1.29, 1.82) is 0 Å². The highest BCUT2D eigenvalue weighted by Gasteiger charge is 2.71. The van der Waals surface area contributed by atoms with Crippen LogP contribution in [0.3, 0.4) is 0 Å². The highest BCUT2D eigenvalue weighted by atomic mass is 16.3. The molecule has 3 nitrogen and oxygen atoms in total. The van der Waals surface area contributed by atoms with Crippen LogP contribution >= 0.6 is 0 Å². The summed E-state index contributed by atoms with van der Waals surface area (Å²) in [5.74, 6) is 1.02. The minimum Gasteiger partial charge on any atom is -0.396 e. The molecule has 2 saturated carbocycles. The molecule has 3 rings (SSSR count). The minimum absolute atomic E-state index is 0.128. The zero-order valence-corrected chi connectivity index (χ0v) is 14.2. The van der Waals surface area contributed by atoms with Crippen molar-refractivity contribution in [2.75, 3.05) is 26.2 Å². The lowest BCUT2D eigenvalue weighted by Crippen LogP contribution is -2.66. The van der Waals surface area contributed by atoms with Gasteiger partial charge in [-0.05, 0) is 68.5 Å². The summed E-state index contributed by atoms with van der Waals surface area (Å²) in [6, 6.07) is 0. The van der Waals surface area contributed by atoms with Gasteiger partial charge in [0.1, 0.15) is 0 Å². The summed E-state index contributed by atoms with van der Waals surface area (Å²) in [5.41, 5.74) is 6.93. The maximum Gasteiger partial charge on any atom is 0.0489 e. The molecular weight excluding hydrogens is 260 g/mol. The van der Waals surface area contributed by atoms with Crippen molar-refractivity contribution >= 4 is 0 Å². The second-order valence-electron chi connectivity index (χ2n) is 8.58. The Bertz CT molecular complexity index is 387. The molecule has 1 saturated heterocycles. The van der Waals surface area contributed by atoms with Crippen LogP contribution in [-0.4, -0.2) is 41.8 Å². The third kappa shape index (κ3) is 1.83. The Balaban J connectivity index is 2.06. The molecule has 122 valence electrons. The lowest BCUT2D eigenvalue weighted by molar-refractivity contribution is -0.101. The van der Waals surface area contributed by atoms with Crippen molar-refractivity contribution in [2.45, 2.75) is 64.8 Å². The standard InChI is InChI=1S/C18H34N2O/c1-16(2)14-7-8-17(16,3)18(11-14,15(12-19)13-21)20-9-5-4-6-10-20/h14-15,21H,4-13,19H2,1-3H3/t14-,15+,17-,18-/m1/s1. The van der Waals surface area contributed by atoms with E-state index in [2.05, 4.69) is 25.7 Å². The van der Waals surface area contributed by atoms with Crippen LogP contribution < -0.4 is 5.73 Å². The van der Waals surface area contributed by atoms with Crippen LogP contribution in [0.15, 0.2) is 0 Å². The van der Waals surface area contributed by atoms with E-state index in [1.807, 2.05) is 0 Å². The number of nitrogens with two attached hydrogens (primary N) is 1. The molecule has 0 radical (unpaired) electrons. The fourth-order valence-corrected chi connectivity index (χ4v) is 6.40. The molecule has 0 amide bonds. The van der Waals surface area contributed by atoms with E-state index in [-0.39, 0.29) is 23.5 Å². The van der Waals surface area contributed by atoms with Gasteiger partial charge in [-0.15, -0.1) is 0 Å². The largest absolute Gasteiger partial charge is 0.396 e. The number of piperidine rings is 1. The number of aliphatic hydroxyl groups excluding tert-OH is 1. The number of nitrogens with zero attached hydrogens (tertiary/aromatic N) is 1. The molecule has 1 heterocycles. The summed E-state index contributed by atoms with van der Waals surface area (Å²) in [4.78, 5) is 2.76. The van der Waals surface area contributed by atoms with E-state index in [9.17, 15) is 5.11 Å². The van der Waals surface area contributed by atoms with Crippen LogP contribution in [0, 0.1) is 22.7 Å². The lowest BCUT2D eigenvalue weighted by Gasteiger charge is -2.59. The fraction of sp³-hybridized carbons (Fsp3) is 1.00. The van der Waals surface area contributed by atoms with Gasteiger partial charge in [0.05, 0.1) is 0 Å². The van der Waals surface area contributed by atoms with Gasteiger partial charge in [0.25, 0.3) is 0 Å². The average molecular weight is 294 g/mol. The van der Waals surface area contributed by atoms with Gasteiger partial charge >= 0.3 is 0 Å². The molecule has 1 aliphatic heterocycles. The van der Waals surface area contributed by atoms with Crippen LogP contribution in [0.4, 0.5) is 0 Å². The quantitative estimate of drug-likeness (QED) is 0.838. The topological polar surface area (TPSA) is 49.5 Å². The average Bonchev–Trinajstić information content (AvgIpc) is 2.81. The first-order chi connectivity index (χ1) is 9.94. The minimum atomic E-state index is 0.128. The summed E-state index contributed by atoms with van der Waals surface area (Å²) in [6.07, 6.45) is 7.90. The van der Waals surface area contributed by atoms with E-state index in [0.29, 0.717) is 12.0 Å². The van der Waals surface area contributed by atoms with Gasteiger partial charge in [-0.2, -0.15) is 0 Å². The number of likely N-dealkylation sites (tertiary alicyclic amines) is 1. The third-order valence-corrected chi connectivity index (χ3v) is 8.05. The van der Waals surface area contributed by atoms with Crippen LogP contribution in [0.2, 0.25) is 0 Å². The van der Waals surface area contributed by atoms with E-state index >= 15 is 0 Å². The first-order valence-electron chi connectivity index (χ1n) is 9.00. The van der Waals surface area contributed by atoms with E-state index in [1.54, 1.807) is 0 Å². The normalized spacial score (nSPS) is 44.1. The molecule has 2 aliphatic carbocycles. The predicted octanol–water partition coefficient (Wildman–Crippen LogP) is 2.62. The molecule has 0 aromatic carbocycles. The Hall–Kier alpha value is -0.120. The van der Waals surface area contributed by atoms with Crippen LogP contribution in [0.1, 0.15) is 59.3 Å². The molecule has 3 fully saturated rings. The van der Waals surface area contributed by atoms with Gasteiger partial charge < -0.3 is 10.8 Å². The SMILES string of the molecule is CC1(C)[C@@H]2CC[C@@]1(C)[C@@]([C@@H](CN)CO)(N1CCCCC1)C2. The summed E-state index contributed by atoms with van der Waals surface area (Å²) in [5, 5.41) is 10.1. The van der Waals surface area contributed by atoms with Crippen LogP contribution in [-0.2, 0) is 0 Å². The van der Waals surface area contributed by atoms with E-state index < -0.39 is 0 Å². The van der Waals surface area contributed by atoms with Gasteiger partial charge in [-0.25, -0.2) is 0 Å². The number of rotatable bonds is 4. The molecule has 0 aromatic heterocycles. The second kappa shape index (κ2) is 5.21. The maximum atomic E-state index is 10.1. The zero-order chi connectivity index (χ0) is 15.3. The van der Waals surface area contributed by atoms with Crippen molar-refractivity contribution in [1.82, 2.24) is 4.90 Å². The number of aliphatic hydroxyl groups is 1. The highest BCUT2D eigenvalue weighted by Crippen LogP contribution is 2.72. The van der Waals surface area contributed by atoms with Crippen molar-refractivity contribution < 1.29 is 5.11 Å². The second-order valence-corrected chi connectivity index (χ2v) is 8.58. The van der Waals surface area contributed by atoms with Crippen molar-refractivity contribution in [3.05, 3.63) is 0 Å². The molecule has 0 unspecified atom stereocenters. The van der Waals surface area contributed by atoms with E-state index in [1.165, 1.54) is 51.6 Å². The zero-order valence-electron chi connectivity index (χ0n) is 14.2. The van der Waals surface area contributed by atoms with Gasteiger partial charge in [0.2, 0.25) is 0 Å². The number of hydrogen-bond donors (Lipinski definition) is 2. The van der Waals surface area contributed by atoms with E-state index in [4.69, 9.17) is 5.73 Å². The Labute approximate surface area is 130 Å². The van der Waals surface area contributed by atoms with Crippen molar-refractivity contribution in [2.24, 2.45) is 28.4 Å². The van der Waals surface area contributed by atoms with Gasteiger partial charge in [-0.1, -0.05) is 27.2 Å². The Morgan fingerprint density at radius 2 is 1.86 bits per heavy atom. The first kappa shape index (κ1) is 15.8. The Morgan fingerprint density at radius 3 is 2.29 bits per heavy atom. The smallest absolute Gasteiger partial charge is 0.0489 e. The van der Waals surface area contributed by atoms with Crippen LogP contribution in [0.5, 0.6) is 0 Å². The maximum absolute atomic E-state index is 10.1. The van der Waals surface area contributed by atoms with Crippen LogP contribution in [0.25, 0.3) is 0 Å². The molecule has 0 spiro atoms. The number of hydrogen-bond acceptors (Lipinski definition) is 3. The molecule has 3 heteroatoms. The summed E-state index contributed by atoms with van der Waals surface area (Å²) in [7, 11) is 0. The molecule has 3 N–H and O–H groups in total. The van der Waals surface area contributed by atoms with E-state index in [0.717, 1.165) is 5.92 Å². The van der Waals surface area contributed by atoms with Gasteiger partial charge in [0.15, 0.2) is 0 Å². The highest BCUT2D eigenvalue weighted by molar-refractivity contribution is 5.23. The number of fused-ring (bicyclic) bond motifs is 2. The van der Waals surface area contributed by atoms with Crippen molar-refractivity contribution in [3.8, 4) is 0 Å². The monoisotopic (exact) mass is 294 g/mol. The van der Waals surface area contributed by atoms with Gasteiger partial charge in [-0.3, -0.25) is 4.90 Å². The first-order valence-corrected chi connectivity index (χ1v) is 9.00.